The Morgan fingerprint density at radius 2 is 2.05 bits per heavy atom. The molecule has 19 heavy (non-hydrogen) atoms. The third-order valence-electron chi connectivity index (χ3n) is 2.79. The monoisotopic (exact) mass is 253 g/mol. The average Bonchev–Trinajstić information content (AvgIpc) is 2.45. The minimum atomic E-state index is -0.125. The van der Waals surface area contributed by atoms with Crippen molar-refractivity contribution in [1.29, 1.82) is 0 Å². The Labute approximate surface area is 108 Å². The Morgan fingerprint density at radius 1 is 1.16 bits per heavy atom. The molecule has 0 aliphatic carbocycles. The number of aryl methyl sites for hydroxylation is 1. The molecule has 0 amide bonds. The van der Waals surface area contributed by atoms with E-state index in [-0.39, 0.29) is 5.56 Å². The van der Waals surface area contributed by atoms with E-state index in [1.54, 1.807) is 24.7 Å². The molecular formula is C13H11N5O. The van der Waals surface area contributed by atoms with Gasteiger partial charge in [-0.2, -0.15) is 0 Å². The molecule has 0 saturated heterocycles. The predicted molar refractivity (Wildman–Crippen MR) is 69.7 cm³/mol. The molecule has 3 aromatic rings. The Hall–Kier alpha value is -2.63. The molecule has 3 aromatic heterocycles. The molecule has 94 valence electrons. The van der Waals surface area contributed by atoms with Gasteiger partial charge in [-0.25, -0.2) is 4.98 Å². The minimum Gasteiger partial charge on any atom is -0.293 e. The lowest BCUT2D eigenvalue weighted by Crippen LogP contribution is -2.21. The zero-order valence-electron chi connectivity index (χ0n) is 10.3. The highest BCUT2D eigenvalue weighted by Gasteiger charge is 2.05. The Bertz CT molecular complexity index is 779. The average molecular weight is 253 g/mol. The number of hydrogen-bond donors (Lipinski definition) is 0. The van der Waals surface area contributed by atoms with Crippen LogP contribution in [0.25, 0.3) is 10.9 Å². The van der Waals surface area contributed by atoms with E-state index >= 15 is 0 Å². The number of hydrogen-bond acceptors (Lipinski definition) is 5. The smallest absolute Gasteiger partial charge is 0.263 e. The van der Waals surface area contributed by atoms with Gasteiger partial charge in [-0.3, -0.25) is 24.3 Å². The summed E-state index contributed by atoms with van der Waals surface area (Å²) >= 11 is 0. The highest BCUT2D eigenvalue weighted by Crippen LogP contribution is 2.03. The third-order valence-corrected chi connectivity index (χ3v) is 2.79. The van der Waals surface area contributed by atoms with Crippen molar-refractivity contribution < 1.29 is 0 Å². The second-order valence-corrected chi connectivity index (χ2v) is 4.22. The number of rotatable bonds is 2. The van der Waals surface area contributed by atoms with Crippen LogP contribution in [0.5, 0.6) is 0 Å². The summed E-state index contributed by atoms with van der Waals surface area (Å²) in [6.07, 6.45) is 8.00. The van der Waals surface area contributed by atoms with Crippen LogP contribution >= 0.6 is 0 Å². The van der Waals surface area contributed by atoms with E-state index in [1.807, 2.05) is 6.92 Å². The Morgan fingerprint density at radius 3 is 2.84 bits per heavy atom. The van der Waals surface area contributed by atoms with Crippen LogP contribution in [0.3, 0.4) is 0 Å². The highest BCUT2D eigenvalue weighted by molar-refractivity contribution is 5.75. The second kappa shape index (κ2) is 4.56. The molecule has 0 spiro atoms. The van der Waals surface area contributed by atoms with Gasteiger partial charge in [0.05, 0.1) is 41.4 Å². The summed E-state index contributed by atoms with van der Waals surface area (Å²) in [4.78, 5) is 28.8. The first-order valence-electron chi connectivity index (χ1n) is 5.81. The summed E-state index contributed by atoms with van der Waals surface area (Å²) in [6.45, 7) is 2.22. The fourth-order valence-corrected chi connectivity index (χ4v) is 1.79. The summed E-state index contributed by atoms with van der Waals surface area (Å²) in [7, 11) is 0. The first-order chi connectivity index (χ1) is 9.24. The standard InChI is InChI=1S/C13H11N5O/c1-9-4-16-10(5-15-9)7-18-8-17-12-2-3-14-6-11(12)13(18)19/h2-6,8H,7H2,1H3. The molecule has 0 N–H and O–H groups in total. The van der Waals surface area contributed by atoms with Crippen LogP contribution in [-0.4, -0.2) is 24.5 Å². The highest BCUT2D eigenvalue weighted by atomic mass is 16.1. The number of aromatic nitrogens is 5. The van der Waals surface area contributed by atoms with E-state index < -0.39 is 0 Å². The van der Waals surface area contributed by atoms with Gasteiger partial charge < -0.3 is 0 Å². The van der Waals surface area contributed by atoms with Gasteiger partial charge in [-0.05, 0) is 13.0 Å². The molecule has 6 heteroatoms. The molecule has 0 aromatic carbocycles. The van der Waals surface area contributed by atoms with E-state index in [4.69, 9.17) is 0 Å². The molecule has 0 atom stereocenters. The first-order valence-corrected chi connectivity index (χ1v) is 5.81. The maximum atomic E-state index is 12.2. The minimum absolute atomic E-state index is 0.125. The second-order valence-electron chi connectivity index (χ2n) is 4.22. The third kappa shape index (κ3) is 2.20. The van der Waals surface area contributed by atoms with Crippen LogP contribution in [0.1, 0.15) is 11.4 Å². The van der Waals surface area contributed by atoms with Crippen molar-refractivity contribution in [2.24, 2.45) is 0 Å². The van der Waals surface area contributed by atoms with E-state index in [1.165, 1.54) is 17.1 Å². The molecule has 3 heterocycles. The number of fused-ring (bicyclic) bond motifs is 1. The molecule has 0 saturated carbocycles. The van der Waals surface area contributed by atoms with Gasteiger partial charge in [0, 0.05) is 18.6 Å². The van der Waals surface area contributed by atoms with Crippen molar-refractivity contribution in [3.05, 3.63) is 58.9 Å². The van der Waals surface area contributed by atoms with Gasteiger partial charge in [0.15, 0.2) is 0 Å². The van der Waals surface area contributed by atoms with Crippen LogP contribution in [0.2, 0.25) is 0 Å². The fourth-order valence-electron chi connectivity index (χ4n) is 1.79. The maximum absolute atomic E-state index is 12.2. The normalized spacial score (nSPS) is 10.8. The van der Waals surface area contributed by atoms with Crippen LogP contribution in [0.4, 0.5) is 0 Å². The van der Waals surface area contributed by atoms with Gasteiger partial charge in [-0.15, -0.1) is 0 Å². The van der Waals surface area contributed by atoms with Crippen molar-refractivity contribution in [3.8, 4) is 0 Å². The van der Waals surface area contributed by atoms with Gasteiger partial charge in [0.2, 0.25) is 0 Å². The van der Waals surface area contributed by atoms with E-state index in [9.17, 15) is 4.79 Å². The zero-order chi connectivity index (χ0) is 13.2. The van der Waals surface area contributed by atoms with Crippen LogP contribution in [0.15, 0.2) is 42.0 Å². The molecule has 6 nitrogen and oxygen atoms in total. The van der Waals surface area contributed by atoms with Crippen molar-refractivity contribution in [1.82, 2.24) is 24.5 Å². The summed E-state index contributed by atoms with van der Waals surface area (Å²) < 4.78 is 1.50. The van der Waals surface area contributed by atoms with Crippen LogP contribution in [0, 0.1) is 6.92 Å². The van der Waals surface area contributed by atoms with Crippen LogP contribution < -0.4 is 5.56 Å². The molecule has 0 bridgehead atoms. The van der Waals surface area contributed by atoms with E-state index in [0.717, 1.165) is 11.4 Å². The molecule has 3 rings (SSSR count). The topological polar surface area (TPSA) is 73.6 Å². The van der Waals surface area contributed by atoms with Crippen LogP contribution in [-0.2, 0) is 6.54 Å². The lowest BCUT2D eigenvalue weighted by atomic mass is 10.3. The SMILES string of the molecule is Cc1cnc(Cn2cnc3ccncc3c2=O)cn1. The lowest BCUT2D eigenvalue weighted by molar-refractivity contribution is 0.723. The van der Waals surface area contributed by atoms with Gasteiger partial charge in [-0.1, -0.05) is 0 Å². The summed E-state index contributed by atoms with van der Waals surface area (Å²) in [6, 6.07) is 1.72. The number of nitrogens with zero attached hydrogens (tertiary/aromatic N) is 5. The summed E-state index contributed by atoms with van der Waals surface area (Å²) in [5, 5.41) is 0.505. The van der Waals surface area contributed by atoms with Crippen molar-refractivity contribution in [2.45, 2.75) is 13.5 Å². The number of pyridine rings is 1. The van der Waals surface area contributed by atoms with Crippen molar-refractivity contribution in [3.63, 3.8) is 0 Å². The lowest BCUT2D eigenvalue weighted by Gasteiger charge is -2.05. The van der Waals surface area contributed by atoms with E-state index in [2.05, 4.69) is 19.9 Å². The van der Waals surface area contributed by atoms with Crippen molar-refractivity contribution in [2.75, 3.05) is 0 Å². The first kappa shape index (κ1) is 11.5. The predicted octanol–water partition coefficient (Wildman–Crippen LogP) is 0.938. The summed E-state index contributed by atoms with van der Waals surface area (Å²) in [5.74, 6) is 0. The summed E-state index contributed by atoms with van der Waals surface area (Å²) in [5.41, 5.74) is 2.08. The zero-order valence-corrected chi connectivity index (χ0v) is 10.3. The molecule has 0 aliphatic heterocycles. The quantitative estimate of drug-likeness (QED) is 0.679. The Balaban J connectivity index is 2.04. The van der Waals surface area contributed by atoms with Gasteiger partial charge in [0.25, 0.3) is 5.56 Å². The maximum Gasteiger partial charge on any atom is 0.263 e. The largest absolute Gasteiger partial charge is 0.293 e. The molecule has 0 aliphatic rings. The van der Waals surface area contributed by atoms with Crippen molar-refractivity contribution >= 4 is 10.9 Å². The molecular weight excluding hydrogens is 242 g/mol. The molecule has 0 radical (unpaired) electrons. The van der Waals surface area contributed by atoms with E-state index in [0.29, 0.717) is 17.4 Å². The molecule has 0 fully saturated rings. The Kier molecular flexibility index (Phi) is 2.75. The van der Waals surface area contributed by atoms with Gasteiger partial charge >= 0.3 is 0 Å². The molecule has 0 unspecified atom stereocenters. The fraction of sp³-hybridized carbons (Fsp3) is 0.154. The van der Waals surface area contributed by atoms with Gasteiger partial charge in [0.1, 0.15) is 0 Å².